The third-order valence-corrected chi connectivity index (χ3v) is 6.80. The van der Waals surface area contributed by atoms with Crippen molar-refractivity contribution in [2.75, 3.05) is 7.11 Å². The average molecular weight is 358 g/mol. The molecule has 5 nitrogen and oxygen atoms in total. The number of fused-ring (bicyclic) bond motifs is 3. The topological polar surface area (TPSA) is 80.7 Å². The van der Waals surface area contributed by atoms with Crippen molar-refractivity contribution in [1.29, 1.82) is 0 Å². The number of esters is 1. The van der Waals surface area contributed by atoms with Gasteiger partial charge in [0.25, 0.3) is 0 Å². The van der Waals surface area contributed by atoms with Crippen molar-refractivity contribution < 1.29 is 24.2 Å². The number of carboxylic acids is 1. The lowest BCUT2D eigenvalue weighted by molar-refractivity contribution is -0.160. The fourth-order valence-electron chi connectivity index (χ4n) is 5.12. The maximum absolute atomic E-state index is 12.9. The Hall–Kier alpha value is -2.17. The molecule has 2 aliphatic carbocycles. The molecule has 0 amide bonds. The molecule has 1 fully saturated rings. The Morgan fingerprint density at radius 3 is 2.58 bits per heavy atom. The second-order valence-corrected chi connectivity index (χ2v) is 8.22. The van der Waals surface area contributed by atoms with Crippen molar-refractivity contribution in [2.24, 2.45) is 11.3 Å². The van der Waals surface area contributed by atoms with Gasteiger partial charge in [-0.25, -0.2) is 0 Å². The number of Topliss-reactive ketones (excluding diaryl/α,β-unsaturated/α-hetero) is 1. The van der Waals surface area contributed by atoms with E-state index in [0.29, 0.717) is 17.5 Å². The van der Waals surface area contributed by atoms with E-state index in [2.05, 4.69) is 6.92 Å². The minimum Gasteiger partial charge on any atom is -0.481 e. The first-order valence-electron chi connectivity index (χ1n) is 9.14. The smallest absolute Gasteiger partial charge is 0.311 e. The number of rotatable bonds is 3. The summed E-state index contributed by atoms with van der Waals surface area (Å²) in [5, 5.41) is 9.26. The Balaban J connectivity index is 2.11. The summed E-state index contributed by atoms with van der Waals surface area (Å²) >= 11 is 0. The van der Waals surface area contributed by atoms with Gasteiger partial charge in [0.05, 0.1) is 18.4 Å². The predicted molar refractivity (Wildman–Crippen MR) is 96.3 cm³/mol. The summed E-state index contributed by atoms with van der Waals surface area (Å²) in [6, 6.07) is 5.45. The number of carboxylic acid groups (broad SMARTS) is 1. The molecule has 26 heavy (non-hydrogen) atoms. The van der Waals surface area contributed by atoms with Crippen LogP contribution in [-0.4, -0.2) is 29.9 Å². The third kappa shape index (κ3) is 2.56. The van der Waals surface area contributed by atoms with Crippen LogP contribution >= 0.6 is 0 Å². The molecular formula is C21H26O5. The highest BCUT2D eigenvalue weighted by Crippen LogP contribution is 2.57. The fraction of sp³-hybridized carbons (Fsp3) is 0.571. The molecule has 0 bridgehead atoms. The van der Waals surface area contributed by atoms with Gasteiger partial charge in [-0.1, -0.05) is 25.5 Å². The van der Waals surface area contributed by atoms with Crippen molar-refractivity contribution in [3.05, 3.63) is 34.9 Å². The van der Waals surface area contributed by atoms with Crippen LogP contribution in [0.15, 0.2) is 18.2 Å². The van der Waals surface area contributed by atoms with Crippen molar-refractivity contribution in [3.8, 4) is 0 Å². The molecule has 0 radical (unpaired) electrons. The van der Waals surface area contributed by atoms with Crippen molar-refractivity contribution in [2.45, 2.75) is 57.8 Å². The van der Waals surface area contributed by atoms with Crippen LogP contribution in [0.2, 0.25) is 0 Å². The summed E-state index contributed by atoms with van der Waals surface area (Å²) in [6.45, 7) is 5.67. The molecule has 1 N–H and O–H groups in total. The molecule has 0 spiro atoms. The lowest BCUT2D eigenvalue weighted by Crippen LogP contribution is -2.53. The van der Waals surface area contributed by atoms with E-state index < -0.39 is 17.3 Å². The number of ketones is 1. The summed E-state index contributed by atoms with van der Waals surface area (Å²) in [7, 11) is 1.40. The molecule has 1 aromatic rings. The van der Waals surface area contributed by atoms with E-state index in [1.165, 1.54) is 7.11 Å². The zero-order chi connectivity index (χ0) is 19.3. The summed E-state index contributed by atoms with van der Waals surface area (Å²) in [6.07, 6.45) is 2.80. The molecule has 2 aliphatic rings. The van der Waals surface area contributed by atoms with Crippen molar-refractivity contribution in [1.82, 2.24) is 0 Å². The van der Waals surface area contributed by atoms with Crippen molar-refractivity contribution >= 4 is 17.7 Å². The van der Waals surface area contributed by atoms with E-state index in [0.717, 1.165) is 24.8 Å². The van der Waals surface area contributed by atoms with Gasteiger partial charge in [0, 0.05) is 12.0 Å². The first-order valence-corrected chi connectivity index (χ1v) is 9.14. The van der Waals surface area contributed by atoms with Crippen LogP contribution < -0.4 is 0 Å². The third-order valence-electron chi connectivity index (χ3n) is 6.80. The normalized spacial score (nSPS) is 31.5. The zero-order valence-corrected chi connectivity index (χ0v) is 15.8. The Morgan fingerprint density at radius 2 is 1.96 bits per heavy atom. The molecule has 0 saturated heterocycles. The van der Waals surface area contributed by atoms with E-state index in [-0.39, 0.29) is 23.1 Å². The van der Waals surface area contributed by atoms with Crippen LogP contribution in [0.5, 0.6) is 0 Å². The molecule has 4 atom stereocenters. The van der Waals surface area contributed by atoms with Crippen LogP contribution in [0.1, 0.15) is 73.9 Å². The summed E-state index contributed by atoms with van der Waals surface area (Å²) in [5.41, 5.74) is 1.22. The number of carbonyl (C=O) groups is 3. The van der Waals surface area contributed by atoms with E-state index >= 15 is 0 Å². The van der Waals surface area contributed by atoms with Crippen LogP contribution in [-0.2, 0) is 19.7 Å². The van der Waals surface area contributed by atoms with Gasteiger partial charge < -0.3 is 9.84 Å². The van der Waals surface area contributed by atoms with Gasteiger partial charge in [0.2, 0.25) is 0 Å². The maximum atomic E-state index is 12.9. The summed E-state index contributed by atoms with van der Waals surface area (Å²) < 4.78 is 5.07. The maximum Gasteiger partial charge on any atom is 0.311 e. The van der Waals surface area contributed by atoms with Crippen LogP contribution in [0, 0.1) is 11.3 Å². The first kappa shape index (κ1) is 18.6. The van der Waals surface area contributed by atoms with Gasteiger partial charge in [0.1, 0.15) is 0 Å². The molecule has 1 saturated carbocycles. The highest BCUT2D eigenvalue weighted by molar-refractivity contribution is 6.00. The molecular weight excluding hydrogens is 332 g/mol. The second kappa shape index (κ2) is 6.22. The Kier molecular flexibility index (Phi) is 4.45. The number of benzene rings is 1. The largest absolute Gasteiger partial charge is 0.481 e. The minimum atomic E-state index is -0.909. The predicted octanol–water partition coefficient (Wildman–Crippen LogP) is 3.70. The molecule has 0 aliphatic heterocycles. The van der Waals surface area contributed by atoms with Gasteiger partial charge in [0.15, 0.2) is 5.78 Å². The Labute approximate surface area is 153 Å². The fourth-order valence-corrected chi connectivity index (χ4v) is 5.12. The van der Waals surface area contributed by atoms with E-state index in [9.17, 15) is 19.5 Å². The van der Waals surface area contributed by atoms with E-state index in [4.69, 9.17) is 4.74 Å². The standard InChI is InChI=1S/C21H26O5/c1-12(18(23)24)13-6-7-15-14(10-13)16(22)11-17-20(15,2)8-5-9-21(17,3)19(25)26-4/h6-7,10,12,17H,5,8-9,11H2,1-4H3,(H,23,24)/t12?,17-,20-,21-/m1/s1. The molecule has 5 heteroatoms. The molecule has 0 aromatic heterocycles. The molecule has 3 rings (SSSR count). The first-order chi connectivity index (χ1) is 12.1. The number of methoxy groups -OCH3 is 1. The SMILES string of the molecule is COC(=O)[C@]1(C)CCC[C@]2(C)c3ccc(C(C)C(=O)O)cc3C(=O)C[C@@H]12. The van der Waals surface area contributed by atoms with Gasteiger partial charge in [-0.15, -0.1) is 0 Å². The second-order valence-electron chi connectivity index (χ2n) is 8.22. The molecule has 1 aromatic carbocycles. The number of hydrogen-bond acceptors (Lipinski definition) is 4. The van der Waals surface area contributed by atoms with E-state index in [1.54, 1.807) is 13.0 Å². The number of aliphatic carboxylic acids is 1. The highest BCUT2D eigenvalue weighted by Gasteiger charge is 2.57. The molecule has 1 unspecified atom stereocenters. The van der Waals surface area contributed by atoms with Gasteiger partial charge in [-0.2, -0.15) is 0 Å². The molecule has 0 heterocycles. The number of carbonyl (C=O) groups excluding carboxylic acids is 2. The Bertz CT molecular complexity index is 783. The highest BCUT2D eigenvalue weighted by atomic mass is 16.5. The molecule has 140 valence electrons. The quantitative estimate of drug-likeness (QED) is 0.833. The Morgan fingerprint density at radius 1 is 1.27 bits per heavy atom. The van der Waals surface area contributed by atoms with E-state index in [1.807, 2.05) is 19.1 Å². The van der Waals surface area contributed by atoms with Gasteiger partial charge in [-0.05, 0) is 55.2 Å². The number of ether oxygens (including phenoxy) is 1. The average Bonchev–Trinajstić information content (AvgIpc) is 2.62. The van der Waals surface area contributed by atoms with Crippen molar-refractivity contribution in [3.63, 3.8) is 0 Å². The van der Waals surface area contributed by atoms with Crippen LogP contribution in [0.3, 0.4) is 0 Å². The van der Waals surface area contributed by atoms with Crippen LogP contribution in [0.4, 0.5) is 0 Å². The van der Waals surface area contributed by atoms with Gasteiger partial charge >= 0.3 is 11.9 Å². The minimum absolute atomic E-state index is 0.0149. The summed E-state index contributed by atoms with van der Waals surface area (Å²) in [5.74, 6) is -1.95. The zero-order valence-electron chi connectivity index (χ0n) is 15.8. The summed E-state index contributed by atoms with van der Waals surface area (Å²) in [4.78, 5) is 36.7. The lowest BCUT2D eigenvalue weighted by atomic mass is 9.49. The lowest BCUT2D eigenvalue weighted by Gasteiger charge is -2.53. The number of hydrogen-bond donors (Lipinski definition) is 1. The monoisotopic (exact) mass is 358 g/mol. The van der Waals surface area contributed by atoms with Crippen LogP contribution in [0.25, 0.3) is 0 Å². The van der Waals surface area contributed by atoms with Gasteiger partial charge in [-0.3, -0.25) is 14.4 Å².